The molecule has 0 aliphatic carbocycles. The fourth-order valence-corrected chi connectivity index (χ4v) is 0.631. The molecule has 14 heavy (non-hydrogen) atoms. The maximum absolute atomic E-state index is 10.9. The van der Waals surface area contributed by atoms with Crippen LogP contribution in [-0.2, 0) is 19.1 Å². The van der Waals surface area contributed by atoms with Gasteiger partial charge in [0.05, 0.1) is 12.7 Å². The lowest BCUT2D eigenvalue weighted by atomic mass is 10.3. The highest BCUT2D eigenvalue weighted by molar-refractivity contribution is 5.86. The van der Waals surface area contributed by atoms with Gasteiger partial charge in [0, 0.05) is 12.0 Å². The SMILES string of the molecule is C=C(C)C(=O)OCC(O)CCOC=O. The number of carbonyl (C=O) groups excluding carboxylic acids is 2. The van der Waals surface area contributed by atoms with Crippen molar-refractivity contribution in [2.75, 3.05) is 13.2 Å². The first-order chi connectivity index (χ1) is 6.57. The average molecular weight is 202 g/mol. The maximum Gasteiger partial charge on any atom is 0.333 e. The summed E-state index contributed by atoms with van der Waals surface area (Å²) in [5.41, 5.74) is 0.279. The Morgan fingerprint density at radius 1 is 1.64 bits per heavy atom. The smallest absolute Gasteiger partial charge is 0.333 e. The summed E-state index contributed by atoms with van der Waals surface area (Å²) in [7, 11) is 0. The second-order valence-corrected chi connectivity index (χ2v) is 2.79. The van der Waals surface area contributed by atoms with E-state index >= 15 is 0 Å². The fourth-order valence-electron chi connectivity index (χ4n) is 0.631. The highest BCUT2D eigenvalue weighted by atomic mass is 16.5. The molecule has 0 aliphatic heterocycles. The lowest BCUT2D eigenvalue weighted by Gasteiger charge is -2.10. The Hall–Kier alpha value is -1.36. The van der Waals surface area contributed by atoms with Gasteiger partial charge in [-0.15, -0.1) is 0 Å². The Kier molecular flexibility index (Phi) is 6.39. The van der Waals surface area contributed by atoms with Gasteiger partial charge in [-0.2, -0.15) is 0 Å². The van der Waals surface area contributed by atoms with E-state index in [1.165, 1.54) is 6.92 Å². The first-order valence-electron chi connectivity index (χ1n) is 4.14. The van der Waals surface area contributed by atoms with Gasteiger partial charge >= 0.3 is 5.97 Å². The Morgan fingerprint density at radius 3 is 2.79 bits per heavy atom. The molecule has 80 valence electrons. The Morgan fingerprint density at radius 2 is 2.29 bits per heavy atom. The maximum atomic E-state index is 10.9. The molecule has 0 saturated carbocycles. The van der Waals surface area contributed by atoms with E-state index in [1.807, 2.05) is 0 Å². The highest BCUT2D eigenvalue weighted by Crippen LogP contribution is 1.97. The van der Waals surface area contributed by atoms with Crippen LogP contribution in [0.1, 0.15) is 13.3 Å². The summed E-state index contributed by atoms with van der Waals surface area (Å²) in [4.78, 5) is 20.6. The van der Waals surface area contributed by atoms with Crippen molar-refractivity contribution >= 4 is 12.4 Å². The van der Waals surface area contributed by atoms with E-state index in [-0.39, 0.29) is 25.2 Å². The van der Waals surface area contributed by atoms with Crippen LogP contribution in [0.5, 0.6) is 0 Å². The van der Waals surface area contributed by atoms with Crippen LogP contribution in [0.25, 0.3) is 0 Å². The minimum absolute atomic E-state index is 0.106. The second-order valence-electron chi connectivity index (χ2n) is 2.79. The van der Waals surface area contributed by atoms with Gasteiger partial charge in [0.1, 0.15) is 6.61 Å². The standard InChI is InChI=1S/C9H14O5/c1-7(2)9(12)14-5-8(11)3-4-13-6-10/h6,8,11H,1,3-5H2,2H3. The molecule has 1 unspecified atom stereocenters. The summed E-state index contributed by atoms with van der Waals surface area (Å²) in [6.07, 6.45) is -0.583. The summed E-state index contributed by atoms with van der Waals surface area (Å²) in [5.74, 6) is -0.541. The van der Waals surface area contributed by atoms with Gasteiger partial charge in [-0.1, -0.05) is 6.58 Å². The van der Waals surface area contributed by atoms with Crippen LogP contribution in [0.15, 0.2) is 12.2 Å². The molecule has 0 saturated heterocycles. The number of hydrogen-bond donors (Lipinski definition) is 1. The number of carbonyl (C=O) groups is 2. The van der Waals surface area contributed by atoms with Crippen LogP contribution in [0.2, 0.25) is 0 Å². The summed E-state index contributed by atoms with van der Waals surface area (Å²) in [6.45, 7) is 5.19. The van der Waals surface area contributed by atoms with Crippen molar-refractivity contribution in [2.24, 2.45) is 0 Å². The van der Waals surface area contributed by atoms with Crippen molar-refractivity contribution < 1.29 is 24.2 Å². The largest absolute Gasteiger partial charge is 0.468 e. The van der Waals surface area contributed by atoms with Gasteiger partial charge in [-0.25, -0.2) is 4.79 Å². The third-order valence-corrected chi connectivity index (χ3v) is 1.39. The van der Waals surface area contributed by atoms with Crippen LogP contribution in [-0.4, -0.2) is 36.9 Å². The Balaban J connectivity index is 3.52. The molecule has 0 bridgehead atoms. The molecule has 1 atom stereocenters. The quantitative estimate of drug-likeness (QED) is 0.273. The third kappa shape index (κ3) is 6.19. The van der Waals surface area contributed by atoms with E-state index in [9.17, 15) is 14.7 Å². The Bertz CT molecular complexity index is 211. The van der Waals surface area contributed by atoms with E-state index in [1.54, 1.807) is 0 Å². The van der Waals surface area contributed by atoms with Gasteiger partial charge in [0.25, 0.3) is 6.47 Å². The zero-order valence-electron chi connectivity index (χ0n) is 8.06. The molecule has 0 aromatic heterocycles. The number of esters is 1. The van der Waals surface area contributed by atoms with Crippen molar-refractivity contribution in [1.29, 1.82) is 0 Å². The highest BCUT2D eigenvalue weighted by Gasteiger charge is 2.08. The molecule has 0 rings (SSSR count). The van der Waals surface area contributed by atoms with Crippen LogP contribution in [0.4, 0.5) is 0 Å². The molecule has 0 aromatic carbocycles. The molecule has 5 nitrogen and oxygen atoms in total. The number of rotatable bonds is 7. The molecule has 5 heteroatoms. The molecule has 0 radical (unpaired) electrons. The van der Waals surface area contributed by atoms with Gasteiger partial charge < -0.3 is 14.6 Å². The molecule has 0 fully saturated rings. The van der Waals surface area contributed by atoms with Crippen molar-refractivity contribution in [3.8, 4) is 0 Å². The molecule has 0 heterocycles. The second kappa shape index (κ2) is 7.08. The summed E-state index contributed by atoms with van der Waals surface area (Å²) < 4.78 is 9.02. The van der Waals surface area contributed by atoms with Crippen LogP contribution in [0.3, 0.4) is 0 Å². The Labute approximate surface area is 82.3 Å². The summed E-state index contributed by atoms with van der Waals surface area (Å²) in [5, 5.41) is 9.20. The van der Waals surface area contributed by atoms with Gasteiger partial charge in [0.15, 0.2) is 0 Å². The molecule has 0 spiro atoms. The average Bonchev–Trinajstić information content (AvgIpc) is 2.14. The fraction of sp³-hybridized carbons (Fsp3) is 0.556. The van der Waals surface area contributed by atoms with E-state index in [4.69, 9.17) is 0 Å². The van der Waals surface area contributed by atoms with E-state index < -0.39 is 12.1 Å². The predicted octanol–water partition coefficient (Wildman–Crippen LogP) is 0.0297. The first-order valence-corrected chi connectivity index (χ1v) is 4.14. The normalized spacial score (nSPS) is 11.6. The topological polar surface area (TPSA) is 72.8 Å². The van der Waals surface area contributed by atoms with E-state index in [0.717, 1.165) is 0 Å². The molecule has 0 aliphatic rings. The minimum atomic E-state index is -0.821. The van der Waals surface area contributed by atoms with Crippen LogP contribution < -0.4 is 0 Å². The van der Waals surface area contributed by atoms with Crippen LogP contribution >= 0.6 is 0 Å². The number of ether oxygens (including phenoxy) is 2. The minimum Gasteiger partial charge on any atom is -0.468 e. The van der Waals surface area contributed by atoms with Crippen molar-refractivity contribution in [1.82, 2.24) is 0 Å². The third-order valence-electron chi connectivity index (χ3n) is 1.39. The molecule has 1 N–H and O–H groups in total. The monoisotopic (exact) mass is 202 g/mol. The summed E-state index contributed by atoms with van der Waals surface area (Å²) >= 11 is 0. The molecule has 0 amide bonds. The lowest BCUT2D eigenvalue weighted by molar-refractivity contribution is -0.142. The van der Waals surface area contributed by atoms with E-state index in [2.05, 4.69) is 16.1 Å². The number of aliphatic hydroxyl groups excluding tert-OH is 1. The summed E-state index contributed by atoms with van der Waals surface area (Å²) in [6, 6.07) is 0. The van der Waals surface area contributed by atoms with Gasteiger partial charge in [-0.3, -0.25) is 4.79 Å². The first kappa shape index (κ1) is 12.6. The van der Waals surface area contributed by atoms with Crippen molar-refractivity contribution in [3.05, 3.63) is 12.2 Å². The van der Waals surface area contributed by atoms with Crippen molar-refractivity contribution in [3.63, 3.8) is 0 Å². The zero-order valence-corrected chi connectivity index (χ0v) is 8.06. The predicted molar refractivity (Wildman–Crippen MR) is 48.4 cm³/mol. The zero-order chi connectivity index (χ0) is 11.0. The molecule has 0 aromatic rings. The lowest BCUT2D eigenvalue weighted by Crippen LogP contribution is -2.20. The van der Waals surface area contributed by atoms with Crippen LogP contribution in [0, 0.1) is 0 Å². The number of aliphatic hydroxyl groups is 1. The number of hydrogen-bond acceptors (Lipinski definition) is 5. The van der Waals surface area contributed by atoms with Gasteiger partial charge in [0.2, 0.25) is 0 Å². The molecular weight excluding hydrogens is 188 g/mol. The van der Waals surface area contributed by atoms with Crippen molar-refractivity contribution in [2.45, 2.75) is 19.4 Å². The molecular formula is C9H14O5. The van der Waals surface area contributed by atoms with E-state index in [0.29, 0.717) is 6.47 Å². The van der Waals surface area contributed by atoms with Gasteiger partial charge in [-0.05, 0) is 6.92 Å².